The van der Waals surface area contributed by atoms with Crippen LogP contribution in [0.5, 0.6) is 5.75 Å². The second kappa shape index (κ2) is 9.28. The largest absolute Gasteiger partial charge is 0.494 e. The van der Waals surface area contributed by atoms with Gasteiger partial charge in [-0.25, -0.2) is 4.39 Å². The number of rotatable bonds is 7. The molecule has 0 atom stereocenters. The summed E-state index contributed by atoms with van der Waals surface area (Å²) in [5.41, 5.74) is 1.46. The van der Waals surface area contributed by atoms with Crippen LogP contribution in [0.25, 0.3) is 11.4 Å². The molecule has 0 bridgehead atoms. The van der Waals surface area contributed by atoms with Gasteiger partial charge >= 0.3 is 0 Å². The lowest BCUT2D eigenvalue weighted by Crippen LogP contribution is -2.28. The van der Waals surface area contributed by atoms with Gasteiger partial charge in [0.15, 0.2) is 22.5 Å². The fraction of sp³-hybridized carbons (Fsp3) is 0.250. The zero-order valence-electron chi connectivity index (χ0n) is 16.2. The zero-order valence-corrected chi connectivity index (χ0v) is 17.8. The maximum atomic E-state index is 13.8. The fourth-order valence-corrected chi connectivity index (χ4v) is 3.80. The van der Waals surface area contributed by atoms with E-state index < -0.39 is 5.82 Å². The maximum absolute atomic E-state index is 13.8. The summed E-state index contributed by atoms with van der Waals surface area (Å²) in [7, 11) is 4.92. The molecular formula is C20H20ClFN4O2S. The van der Waals surface area contributed by atoms with E-state index in [0.717, 1.165) is 5.56 Å². The van der Waals surface area contributed by atoms with Gasteiger partial charge in [0.2, 0.25) is 5.91 Å². The number of aromatic nitrogens is 3. The van der Waals surface area contributed by atoms with Crippen molar-refractivity contribution in [3.8, 4) is 17.1 Å². The van der Waals surface area contributed by atoms with Crippen molar-refractivity contribution in [2.45, 2.75) is 11.7 Å². The van der Waals surface area contributed by atoms with Crippen LogP contribution >= 0.6 is 23.4 Å². The number of methoxy groups -OCH3 is 1. The Labute approximate surface area is 177 Å². The predicted molar refractivity (Wildman–Crippen MR) is 112 cm³/mol. The van der Waals surface area contributed by atoms with Crippen molar-refractivity contribution in [3.63, 3.8) is 0 Å². The third kappa shape index (κ3) is 4.89. The molecule has 0 aliphatic rings. The van der Waals surface area contributed by atoms with Gasteiger partial charge in [-0.1, -0.05) is 41.6 Å². The molecule has 0 fully saturated rings. The van der Waals surface area contributed by atoms with Crippen molar-refractivity contribution < 1.29 is 13.9 Å². The molecule has 1 heterocycles. The molecule has 29 heavy (non-hydrogen) atoms. The molecule has 0 spiro atoms. The van der Waals surface area contributed by atoms with Crippen LogP contribution in [0.15, 0.2) is 47.6 Å². The van der Waals surface area contributed by atoms with Crippen LogP contribution in [0.4, 0.5) is 4.39 Å². The van der Waals surface area contributed by atoms with E-state index in [9.17, 15) is 9.18 Å². The molecule has 0 saturated heterocycles. The predicted octanol–water partition coefficient (Wildman–Crippen LogP) is 4.03. The molecule has 2 aromatic carbocycles. The highest BCUT2D eigenvalue weighted by Crippen LogP contribution is 2.28. The normalized spacial score (nSPS) is 10.8. The molecule has 0 radical (unpaired) electrons. The summed E-state index contributed by atoms with van der Waals surface area (Å²) in [5.74, 6) is 0.436. The molecule has 1 aromatic heterocycles. The van der Waals surface area contributed by atoms with Gasteiger partial charge in [-0.2, -0.15) is 0 Å². The molecule has 1 amide bonds. The molecule has 6 nitrogen and oxygen atoms in total. The number of thioether (sulfide) groups is 1. The minimum Gasteiger partial charge on any atom is -0.494 e. The molecule has 0 aliphatic carbocycles. The van der Waals surface area contributed by atoms with E-state index in [1.807, 2.05) is 25.2 Å². The van der Waals surface area contributed by atoms with Crippen LogP contribution in [0, 0.1) is 5.82 Å². The lowest BCUT2D eigenvalue weighted by atomic mass is 10.2. The Hall–Kier alpha value is -2.58. The quantitative estimate of drug-likeness (QED) is 0.525. The number of amides is 1. The van der Waals surface area contributed by atoms with Crippen molar-refractivity contribution >= 4 is 29.3 Å². The van der Waals surface area contributed by atoms with E-state index in [1.165, 1.54) is 24.9 Å². The standard InChI is InChI=1S/C20H20ClFN4O2S/c1-25(11-13-8-9-17(28-3)16(22)10-13)18(27)12-29-20-24-23-19(26(20)2)14-6-4-5-7-15(14)21/h4-10H,11-12H2,1-3H3. The Bertz CT molecular complexity index is 1030. The number of hydrogen-bond acceptors (Lipinski definition) is 5. The minimum atomic E-state index is -0.452. The first-order valence-corrected chi connectivity index (χ1v) is 10.1. The number of carbonyl (C=O) groups excluding carboxylic acids is 1. The van der Waals surface area contributed by atoms with Gasteiger partial charge in [0.1, 0.15) is 0 Å². The van der Waals surface area contributed by atoms with Crippen molar-refractivity contribution in [1.82, 2.24) is 19.7 Å². The van der Waals surface area contributed by atoms with E-state index in [-0.39, 0.29) is 17.4 Å². The number of carbonyl (C=O) groups is 1. The molecular weight excluding hydrogens is 415 g/mol. The second-order valence-electron chi connectivity index (χ2n) is 6.35. The van der Waals surface area contributed by atoms with Crippen molar-refractivity contribution in [2.24, 2.45) is 7.05 Å². The Kier molecular flexibility index (Phi) is 6.76. The summed E-state index contributed by atoms with van der Waals surface area (Å²) in [5, 5.41) is 9.55. The van der Waals surface area contributed by atoms with E-state index in [2.05, 4.69) is 10.2 Å². The van der Waals surface area contributed by atoms with Gasteiger partial charge in [-0.15, -0.1) is 10.2 Å². The highest BCUT2D eigenvalue weighted by molar-refractivity contribution is 7.99. The van der Waals surface area contributed by atoms with Gasteiger partial charge in [0.05, 0.1) is 17.9 Å². The number of ether oxygens (including phenoxy) is 1. The van der Waals surface area contributed by atoms with Crippen LogP contribution in [0.1, 0.15) is 5.56 Å². The third-order valence-corrected chi connectivity index (χ3v) is 5.67. The lowest BCUT2D eigenvalue weighted by Gasteiger charge is -2.17. The smallest absolute Gasteiger partial charge is 0.233 e. The topological polar surface area (TPSA) is 60.2 Å². The highest BCUT2D eigenvalue weighted by atomic mass is 35.5. The first-order valence-electron chi connectivity index (χ1n) is 8.74. The molecule has 152 valence electrons. The van der Waals surface area contributed by atoms with Crippen LogP contribution < -0.4 is 4.74 Å². The number of nitrogens with zero attached hydrogens (tertiary/aromatic N) is 4. The fourth-order valence-electron chi connectivity index (χ4n) is 2.72. The van der Waals surface area contributed by atoms with Gasteiger partial charge in [-0.05, 0) is 29.8 Å². The molecule has 3 aromatic rings. The zero-order chi connectivity index (χ0) is 21.0. The van der Waals surface area contributed by atoms with Crippen molar-refractivity contribution in [3.05, 3.63) is 58.9 Å². The van der Waals surface area contributed by atoms with Gasteiger partial charge in [0, 0.05) is 26.2 Å². The van der Waals surface area contributed by atoms with Gasteiger partial charge in [0.25, 0.3) is 0 Å². The first-order chi connectivity index (χ1) is 13.9. The average molecular weight is 435 g/mol. The van der Waals surface area contributed by atoms with Crippen LogP contribution in [0.3, 0.4) is 0 Å². The van der Waals surface area contributed by atoms with Crippen LogP contribution in [-0.2, 0) is 18.4 Å². The lowest BCUT2D eigenvalue weighted by molar-refractivity contribution is -0.127. The molecule has 0 N–H and O–H groups in total. The second-order valence-corrected chi connectivity index (χ2v) is 7.70. The summed E-state index contributed by atoms with van der Waals surface area (Å²) in [6.07, 6.45) is 0. The van der Waals surface area contributed by atoms with Crippen molar-refractivity contribution in [2.75, 3.05) is 19.9 Å². The summed E-state index contributed by atoms with van der Waals surface area (Å²) in [6.45, 7) is 0.296. The Morgan fingerprint density at radius 2 is 2.03 bits per heavy atom. The molecule has 0 aliphatic heterocycles. The monoisotopic (exact) mass is 434 g/mol. The minimum absolute atomic E-state index is 0.103. The van der Waals surface area contributed by atoms with E-state index >= 15 is 0 Å². The molecule has 9 heteroatoms. The number of benzene rings is 2. The molecule has 3 rings (SSSR count). The first kappa shape index (κ1) is 21.1. The van der Waals surface area contributed by atoms with Crippen LogP contribution in [0.2, 0.25) is 5.02 Å². The summed E-state index contributed by atoms with van der Waals surface area (Å²) < 4.78 is 20.5. The van der Waals surface area contributed by atoms with E-state index in [0.29, 0.717) is 28.1 Å². The average Bonchev–Trinajstić information content (AvgIpc) is 3.07. The summed E-state index contributed by atoms with van der Waals surface area (Å²) in [6, 6.07) is 12.0. The Morgan fingerprint density at radius 1 is 1.28 bits per heavy atom. The van der Waals surface area contributed by atoms with Crippen LogP contribution in [-0.4, -0.2) is 45.5 Å². The Morgan fingerprint density at radius 3 is 2.72 bits per heavy atom. The summed E-state index contributed by atoms with van der Waals surface area (Å²) >= 11 is 7.52. The Balaban J connectivity index is 1.62. The van der Waals surface area contributed by atoms with Crippen molar-refractivity contribution in [1.29, 1.82) is 0 Å². The number of hydrogen-bond donors (Lipinski definition) is 0. The summed E-state index contributed by atoms with van der Waals surface area (Å²) in [4.78, 5) is 14.0. The highest BCUT2D eigenvalue weighted by Gasteiger charge is 2.17. The number of halogens is 2. The molecule has 0 unspecified atom stereocenters. The maximum Gasteiger partial charge on any atom is 0.233 e. The SMILES string of the molecule is COc1ccc(CN(C)C(=O)CSc2nnc(-c3ccccc3Cl)n2C)cc1F. The third-order valence-electron chi connectivity index (χ3n) is 4.34. The molecule has 0 saturated carbocycles. The van der Waals surface area contributed by atoms with Gasteiger partial charge < -0.3 is 14.2 Å². The van der Waals surface area contributed by atoms with E-state index in [1.54, 1.807) is 34.7 Å². The van der Waals surface area contributed by atoms with E-state index in [4.69, 9.17) is 16.3 Å². The van der Waals surface area contributed by atoms with Gasteiger partial charge in [-0.3, -0.25) is 4.79 Å².